The van der Waals surface area contributed by atoms with E-state index in [-0.39, 0.29) is 21.2 Å². The Morgan fingerprint density at radius 2 is 1.92 bits per heavy atom. The molecule has 0 fully saturated rings. The van der Waals surface area contributed by atoms with Crippen molar-refractivity contribution in [2.24, 2.45) is 0 Å². The second-order valence-corrected chi connectivity index (χ2v) is 7.50. The van der Waals surface area contributed by atoms with E-state index in [1.54, 1.807) is 0 Å². The minimum atomic E-state index is -3.48. The van der Waals surface area contributed by atoms with Gasteiger partial charge in [0.1, 0.15) is 5.82 Å². The Bertz CT molecular complexity index is 930. The second-order valence-electron chi connectivity index (χ2n) is 5.05. The van der Waals surface area contributed by atoms with Crippen LogP contribution >= 0.6 is 11.6 Å². The predicted molar refractivity (Wildman–Crippen MR) is 89.9 cm³/mol. The first-order valence-electron chi connectivity index (χ1n) is 6.89. The monoisotopic (exact) mass is 385 g/mol. The minimum absolute atomic E-state index is 0.0200. The van der Waals surface area contributed by atoms with Gasteiger partial charge in [-0.2, -0.15) is 0 Å². The first kappa shape index (κ1) is 18.9. The van der Waals surface area contributed by atoms with Crippen molar-refractivity contribution in [2.45, 2.75) is 4.90 Å². The number of halogens is 2. The highest BCUT2D eigenvalue weighted by Gasteiger charge is 2.15. The lowest BCUT2D eigenvalue weighted by Gasteiger charge is -2.08. The number of amides is 1. The van der Waals surface area contributed by atoms with Gasteiger partial charge in [0.05, 0.1) is 16.1 Å². The highest BCUT2D eigenvalue weighted by atomic mass is 35.5. The van der Waals surface area contributed by atoms with Gasteiger partial charge in [-0.05, 0) is 36.4 Å². The van der Waals surface area contributed by atoms with Crippen LogP contribution in [0.2, 0.25) is 5.02 Å². The molecule has 0 unspecified atom stereocenters. The minimum Gasteiger partial charge on any atom is -0.452 e. The van der Waals surface area contributed by atoms with Gasteiger partial charge in [-0.1, -0.05) is 17.7 Å². The number of ether oxygens (including phenoxy) is 1. The van der Waals surface area contributed by atoms with Crippen LogP contribution in [0.1, 0.15) is 10.4 Å². The Morgan fingerprint density at radius 3 is 2.56 bits per heavy atom. The van der Waals surface area contributed by atoms with E-state index >= 15 is 0 Å². The van der Waals surface area contributed by atoms with Crippen LogP contribution in [0.25, 0.3) is 0 Å². The molecule has 0 radical (unpaired) electrons. The van der Waals surface area contributed by atoms with Gasteiger partial charge < -0.3 is 10.1 Å². The van der Waals surface area contributed by atoms with Crippen molar-refractivity contribution in [2.75, 3.05) is 18.2 Å². The molecule has 0 saturated carbocycles. The van der Waals surface area contributed by atoms with Crippen LogP contribution in [0.4, 0.5) is 10.1 Å². The molecular weight excluding hydrogens is 373 g/mol. The SMILES string of the molecule is CS(=O)(=O)c1cccc(C(=O)OCC(=O)Nc2ccc(Cl)cc2F)c1. The Hall–Kier alpha value is -2.45. The van der Waals surface area contributed by atoms with Gasteiger partial charge in [0.2, 0.25) is 0 Å². The standard InChI is InChI=1S/C16H13ClFNO5S/c1-25(22,23)12-4-2-3-10(7-12)16(21)24-9-15(20)19-14-6-5-11(17)8-13(14)18/h2-8H,9H2,1H3,(H,19,20). The van der Waals surface area contributed by atoms with Gasteiger partial charge in [-0.3, -0.25) is 4.79 Å². The average Bonchev–Trinajstić information content (AvgIpc) is 2.54. The topological polar surface area (TPSA) is 89.5 Å². The van der Waals surface area contributed by atoms with E-state index in [1.807, 2.05) is 0 Å². The maximum absolute atomic E-state index is 13.6. The molecule has 0 aliphatic heterocycles. The molecule has 1 amide bonds. The van der Waals surface area contributed by atoms with E-state index in [0.29, 0.717) is 0 Å². The summed E-state index contributed by atoms with van der Waals surface area (Å²) in [6.07, 6.45) is 1.01. The molecule has 2 aromatic carbocycles. The summed E-state index contributed by atoms with van der Waals surface area (Å²) in [4.78, 5) is 23.6. The lowest BCUT2D eigenvalue weighted by molar-refractivity contribution is -0.119. The summed E-state index contributed by atoms with van der Waals surface area (Å²) in [5, 5.41) is 2.41. The Balaban J connectivity index is 1.99. The Labute approximate surface area is 148 Å². The molecule has 0 aliphatic carbocycles. The van der Waals surface area contributed by atoms with E-state index < -0.39 is 34.1 Å². The predicted octanol–water partition coefficient (Wildman–Crippen LogP) is 2.68. The number of carbonyl (C=O) groups is 2. The maximum Gasteiger partial charge on any atom is 0.338 e. The molecule has 0 bridgehead atoms. The van der Waals surface area contributed by atoms with Crippen LogP contribution in [-0.4, -0.2) is 33.2 Å². The molecule has 0 aromatic heterocycles. The van der Waals surface area contributed by atoms with E-state index in [2.05, 4.69) is 5.32 Å². The number of benzene rings is 2. The van der Waals surface area contributed by atoms with Crippen molar-refractivity contribution in [3.05, 3.63) is 58.9 Å². The summed E-state index contributed by atoms with van der Waals surface area (Å²) in [5.74, 6) is -2.36. The van der Waals surface area contributed by atoms with Crippen LogP contribution in [0.3, 0.4) is 0 Å². The van der Waals surface area contributed by atoms with Crippen LogP contribution in [0.5, 0.6) is 0 Å². The molecule has 0 spiro atoms. The fourth-order valence-corrected chi connectivity index (χ4v) is 2.67. The van der Waals surface area contributed by atoms with Crippen molar-refractivity contribution in [3.63, 3.8) is 0 Å². The first-order chi connectivity index (χ1) is 11.7. The lowest BCUT2D eigenvalue weighted by Crippen LogP contribution is -2.21. The van der Waals surface area contributed by atoms with Gasteiger partial charge in [0.25, 0.3) is 5.91 Å². The number of anilines is 1. The Morgan fingerprint density at radius 1 is 1.20 bits per heavy atom. The number of carbonyl (C=O) groups excluding carboxylic acids is 2. The normalized spacial score (nSPS) is 11.0. The van der Waals surface area contributed by atoms with Crippen molar-refractivity contribution in [1.82, 2.24) is 0 Å². The summed E-state index contributed by atoms with van der Waals surface area (Å²) < 4.78 is 41.3. The number of esters is 1. The molecule has 0 atom stereocenters. The smallest absolute Gasteiger partial charge is 0.338 e. The van der Waals surface area contributed by atoms with E-state index in [1.165, 1.54) is 30.3 Å². The summed E-state index contributed by atoms with van der Waals surface area (Å²) in [7, 11) is -3.48. The zero-order valence-electron chi connectivity index (χ0n) is 13.0. The van der Waals surface area contributed by atoms with Crippen molar-refractivity contribution in [3.8, 4) is 0 Å². The summed E-state index contributed by atoms with van der Waals surface area (Å²) >= 11 is 5.60. The molecule has 9 heteroatoms. The largest absolute Gasteiger partial charge is 0.452 e. The van der Waals surface area contributed by atoms with Crippen molar-refractivity contribution < 1.29 is 27.1 Å². The molecule has 0 heterocycles. The summed E-state index contributed by atoms with van der Waals surface area (Å²) in [6.45, 7) is -0.663. The van der Waals surface area contributed by atoms with Crippen molar-refractivity contribution >= 4 is 39.0 Å². The van der Waals surface area contributed by atoms with Gasteiger partial charge >= 0.3 is 5.97 Å². The summed E-state index contributed by atoms with van der Waals surface area (Å²) in [6, 6.07) is 8.91. The zero-order chi connectivity index (χ0) is 18.6. The molecule has 0 saturated heterocycles. The molecule has 2 rings (SSSR count). The lowest BCUT2D eigenvalue weighted by atomic mass is 10.2. The average molecular weight is 386 g/mol. The fraction of sp³-hybridized carbons (Fsp3) is 0.125. The number of hydrogen-bond donors (Lipinski definition) is 1. The molecular formula is C16H13ClFNO5S. The second kappa shape index (κ2) is 7.62. The third kappa shape index (κ3) is 5.27. The molecule has 0 aliphatic rings. The van der Waals surface area contributed by atoms with Crippen LogP contribution in [-0.2, 0) is 19.4 Å². The number of sulfone groups is 1. The maximum atomic E-state index is 13.6. The fourth-order valence-electron chi connectivity index (χ4n) is 1.85. The molecule has 25 heavy (non-hydrogen) atoms. The van der Waals surface area contributed by atoms with Crippen molar-refractivity contribution in [1.29, 1.82) is 0 Å². The highest BCUT2D eigenvalue weighted by molar-refractivity contribution is 7.90. The van der Waals surface area contributed by atoms with Gasteiger partial charge in [0, 0.05) is 11.3 Å². The molecule has 132 valence electrons. The highest BCUT2D eigenvalue weighted by Crippen LogP contribution is 2.18. The van der Waals surface area contributed by atoms with Crippen LogP contribution in [0, 0.1) is 5.82 Å². The van der Waals surface area contributed by atoms with Gasteiger partial charge in [-0.25, -0.2) is 17.6 Å². The molecule has 2 aromatic rings. The molecule has 1 N–H and O–H groups in total. The van der Waals surface area contributed by atoms with E-state index in [9.17, 15) is 22.4 Å². The van der Waals surface area contributed by atoms with Gasteiger partial charge in [0.15, 0.2) is 16.4 Å². The number of nitrogens with one attached hydrogen (secondary N) is 1. The number of hydrogen-bond acceptors (Lipinski definition) is 5. The van der Waals surface area contributed by atoms with Crippen LogP contribution < -0.4 is 5.32 Å². The third-order valence-corrected chi connectivity index (χ3v) is 4.38. The summed E-state index contributed by atoms with van der Waals surface area (Å²) in [5.41, 5.74) is -0.127. The Kier molecular flexibility index (Phi) is 5.76. The third-order valence-electron chi connectivity index (χ3n) is 3.04. The molecule has 6 nitrogen and oxygen atoms in total. The van der Waals surface area contributed by atoms with E-state index in [0.717, 1.165) is 18.4 Å². The number of rotatable bonds is 5. The quantitative estimate of drug-likeness (QED) is 0.799. The first-order valence-corrected chi connectivity index (χ1v) is 9.16. The van der Waals surface area contributed by atoms with Crippen LogP contribution in [0.15, 0.2) is 47.4 Å². The zero-order valence-corrected chi connectivity index (χ0v) is 14.5. The van der Waals surface area contributed by atoms with Gasteiger partial charge in [-0.15, -0.1) is 0 Å². The van der Waals surface area contributed by atoms with E-state index in [4.69, 9.17) is 16.3 Å².